The Morgan fingerprint density at radius 3 is 2.53 bits per heavy atom. The summed E-state index contributed by atoms with van der Waals surface area (Å²) in [5.41, 5.74) is 1.05. The number of hydrogen-bond acceptors (Lipinski definition) is 8. The van der Waals surface area contributed by atoms with E-state index in [9.17, 15) is 14.9 Å². The third-order valence-electron chi connectivity index (χ3n) is 5.91. The van der Waals surface area contributed by atoms with E-state index in [-0.39, 0.29) is 29.2 Å². The Hall–Kier alpha value is -2.19. The molecule has 0 saturated carbocycles. The summed E-state index contributed by atoms with van der Waals surface area (Å²) in [7, 11) is 0. The monoisotopic (exact) mass is 504 g/mol. The van der Waals surface area contributed by atoms with E-state index in [1.807, 2.05) is 27.7 Å². The van der Waals surface area contributed by atoms with Gasteiger partial charge in [-0.05, 0) is 52.7 Å². The van der Waals surface area contributed by atoms with Crippen molar-refractivity contribution in [3.8, 4) is 6.07 Å². The van der Waals surface area contributed by atoms with Gasteiger partial charge in [0.15, 0.2) is 0 Å². The number of anilines is 1. The maximum Gasteiger partial charge on any atom is 0.270 e. The molecule has 3 heterocycles. The fraction of sp³-hybridized carbons (Fsp3) is 0.583. The third-order valence-corrected chi connectivity index (χ3v) is 7.28. The number of thiocarbonyl (C=S) groups is 1. The quantitative estimate of drug-likeness (QED) is 0.303. The molecular formula is C24H32N4O4S2. The summed E-state index contributed by atoms with van der Waals surface area (Å²) in [5.74, 6) is 0.556. The molecule has 2 unspecified atom stereocenters. The normalized spacial score (nSPS) is 22.1. The topological polar surface area (TPSA) is 87.8 Å². The molecule has 1 amide bonds. The molecule has 0 N–H and O–H groups in total. The lowest BCUT2D eigenvalue weighted by atomic mass is 10.0. The maximum absolute atomic E-state index is 13.2. The Morgan fingerprint density at radius 1 is 1.26 bits per heavy atom. The van der Waals surface area contributed by atoms with Crippen LogP contribution in [0.4, 0.5) is 5.82 Å². The van der Waals surface area contributed by atoms with E-state index in [1.165, 1.54) is 11.8 Å². The highest BCUT2D eigenvalue weighted by Crippen LogP contribution is 2.36. The van der Waals surface area contributed by atoms with Gasteiger partial charge in [0.1, 0.15) is 21.8 Å². The first kappa shape index (κ1) is 26.4. The van der Waals surface area contributed by atoms with Crippen molar-refractivity contribution in [2.75, 3.05) is 37.7 Å². The third kappa shape index (κ3) is 5.38. The summed E-state index contributed by atoms with van der Waals surface area (Å²) in [6.45, 7) is 12.9. The molecule has 0 bridgehead atoms. The van der Waals surface area contributed by atoms with Crippen LogP contribution < -0.4 is 10.5 Å². The Morgan fingerprint density at radius 2 is 1.94 bits per heavy atom. The lowest BCUT2D eigenvalue weighted by molar-refractivity contribution is -0.122. The van der Waals surface area contributed by atoms with Gasteiger partial charge in [0.25, 0.3) is 11.5 Å². The average Bonchev–Trinajstić information content (AvgIpc) is 3.05. The van der Waals surface area contributed by atoms with Crippen molar-refractivity contribution >= 4 is 46.1 Å². The first-order valence-electron chi connectivity index (χ1n) is 11.6. The molecule has 0 aromatic carbocycles. The van der Waals surface area contributed by atoms with Gasteiger partial charge in [-0.25, -0.2) is 0 Å². The zero-order chi connectivity index (χ0) is 25.0. The molecule has 3 rings (SSSR count). The van der Waals surface area contributed by atoms with Crippen molar-refractivity contribution in [1.29, 1.82) is 5.26 Å². The molecule has 184 valence electrons. The van der Waals surface area contributed by atoms with Gasteiger partial charge in [-0.15, -0.1) is 0 Å². The van der Waals surface area contributed by atoms with Gasteiger partial charge in [-0.2, -0.15) is 5.26 Å². The van der Waals surface area contributed by atoms with Crippen LogP contribution in [0.25, 0.3) is 6.08 Å². The number of carbonyl (C=O) groups excluding carboxylic acids is 1. The number of hydrogen-bond donors (Lipinski definition) is 0. The Bertz CT molecular complexity index is 1080. The van der Waals surface area contributed by atoms with E-state index in [2.05, 4.69) is 11.0 Å². The fourth-order valence-corrected chi connectivity index (χ4v) is 5.71. The van der Waals surface area contributed by atoms with E-state index in [0.29, 0.717) is 72.0 Å². The Kier molecular flexibility index (Phi) is 8.93. The summed E-state index contributed by atoms with van der Waals surface area (Å²) in [5, 5.41) is 9.74. The molecule has 2 fully saturated rings. The number of morpholine rings is 1. The second-order valence-electron chi connectivity index (χ2n) is 8.44. The van der Waals surface area contributed by atoms with Gasteiger partial charge < -0.3 is 14.4 Å². The summed E-state index contributed by atoms with van der Waals surface area (Å²) < 4.78 is 13.4. The van der Waals surface area contributed by atoms with Crippen LogP contribution in [0, 0.1) is 18.3 Å². The zero-order valence-electron chi connectivity index (χ0n) is 20.4. The van der Waals surface area contributed by atoms with E-state index in [0.717, 1.165) is 0 Å². The first-order valence-corrected chi connectivity index (χ1v) is 12.9. The molecule has 1 aromatic rings. The average molecular weight is 505 g/mol. The summed E-state index contributed by atoms with van der Waals surface area (Å²) in [6, 6.07) is 2.07. The highest BCUT2D eigenvalue weighted by Gasteiger charge is 2.34. The number of nitrogens with zero attached hydrogens (tertiary/aromatic N) is 4. The van der Waals surface area contributed by atoms with E-state index in [4.69, 9.17) is 21.7 Å². The van der Waals surface area contributed by atoms with Gasteiger partial charge in [-0.1, -0.05) is 24.0 Å². The number of ether oxygens (including phenoxy) is 2. The van der Waals surface area contributed by atoms with E-state index < -0.39 is 0 Å². The van der Waals surface area contributed by atoms with Crippen molar-refractivity contribution < 1.29 is 14.3 Å². The molecule has 1 aromatic heterocycles. The second-order valence-corrected chi connectivity index (χ2v) is 10.1. The molecule has 10 heteroatoms. The minimum absolute atomic E-state index is 0.0171. The number of aromatic nitrogens is 1. The molecule has 2 aliphatic heterocycles. The summed E-state index contributed by atoms with van der Waals surface area (Å²) in [4.78, 5) is 30.6. The number of thioether (sulfide) groups is 1. The molecule has 0 aliphatic carbocycles. The van der Waals surface area contributed by atoms with Crippen LogP contribution in [-0.4, -0.2) is 64.8 Å². The van der Waals surface area contributed by atoms with E-state index in [1.54, 1.807) is 22.5 Å². The SMILES string of the molecule is CCOCCCN1C(=O)/C(=C/c2c(C)c(C#N)c(=O)n(CC)c2N2CC(C)OC(C)C2)SC1=S. The lowest BCUT2D eigenvalue weighted by Gasteiger charge is -2.39. The standard InChI is InChI=1S/C24H32N4O4S2/c1-6-27-21(26-13-15(3)32-16(4)14-26)18(17(5)19(12-25)22(27)29)11-20-23(30)28(24(33)34-20)9-8-10-31-7-2/h11,15-16H,6-10,13-14H2,1-5H3/b20-11-. The molecule has 0 spiro atoms. The van der Waals surface area contributed by atoms with Crippen LogP contribution in [0.1, 0.15) is 50.8 Å². The maximum atomic E-state index is 13.2. The Labute approximate surface area is 210 Å². The van der Waals surface area contributed by atoms with Gasteiger partial charge in [0, 0.05) is 45.0 Å². The smallest absolute Gasteiger partial charge is 0.270 e. The van der Waals surface area contributed by atoms with Crippen LogP contribution in [0.3, 0.4) is 0 Å². The highest BCUT2D eigenvalue weighted by atomic mass is 32.2. The highest BCUT2D eigenvalue weighted by molar-refractivity contribution is 8.26. The van der Waals surface area contributed by atoms with Gasteiger partial charge in [0.05, 0.1) is 17.1 Å². The first-order chi connectivity index (χ1) is 16.2. The van der Waals surface area contributed by atoms with Crippen LogP contribution >= 0.6 is 24.0 Å². The van der Waals surface area contributed by atoms with Crippen molar-refractivity contribution in [2.24, 2.45) is 0 Å². The minimum atomic E-state index is -0.315. The van der Waals surface area contributed by atoms with Gasteiger partial charge in [0.2, 0.25) is 0 Å². The van der Waals surface area contributed by atoms with Gasteiger partial charge >= 0.3 is 0 Å². The number of carbonyl (C=O) groups is 1. The number of nitriles is 1. The van der Waals surface area contributed by atoms with Crippen molar-refractivity contribution in [1.82, 2.24) is 9.47 Å². The Balaban J connectivity index is 2.09. The molecule has 2 aliphatic rings. The second kappa shape index (κ2) is 11.5. The fourth-order valence-electron chi connectivity index (χ4n) is 4.42. The molecule has 2 atom stereocenters. The molecule has 0 radical (unpaired) electrons. The molecule has 34 heavy (non-hydrogen) atoms. The summed E-state index contributed by atoms with van der Waals surface area (Å²) in [6.07, 6.45) is 2.46. The number of amides is 1. The minimum Gasteiger partial charge on any atom is -0.382 e. The predicted octanol–water partition coefficient (Wildman–Crippen LogP) is 3.29. The van der Waals surface area contributed by atoms with Crippen LogP contribution in [0.5, 0.6) is 0 Å². The largest absolute Gasteiger partial charge is 0.382 e. The molecule has 8 nitrogen and oxygen atoms in total. The molecule has 2 saturated heterocycles. The zero-order valence-corrected chi connectivity index (χ0v) is 22.1. The van der Waals surface area contributed by atoms with Crippen LogP contribution in [0.2, 0.25) is 0 Å². The molecular weight excluding hydrogens is 472 g/mol. The van der Waals surface area contributed by atoms with E-state index >= 15 is 0 Å². The summed E-state index contributed by atoms with van der Waals surface area (Å²) >= 11 is 6.73. The van der Waals surface area contributed by atoms with Gasteiger partial charge in [-0.3, -0.25) is 19.1 Å². The number of rotatable bonds is 8. The van der Waals surface area contributed by atoms with Crippen LogP contribution in [-0.2, 0) is 20.8 Å². The van der Waals surface area contributed by atoms with Crippen molar-refractivity contribution in [3.05, 3.63) is 31.9 Å². The van der Waals surface area contributed by atoms with Crippen molar-refractivity contribution in [2.45, 2.75) is 59.8 Å². The van der Waals surface area contributed by atoms with Crippen LogP contribution in [0.15, 0.2) is 9.70 Å². The van der Waals surface area contributed by atoms with Crippen molar-refractivity contribution in [3.63, 3.8) is 0 Å². The number of pyridine rings is 1. The lowest BCUT2D eigenvalue weighted by Crippen LogP contribution is -2.48. The predicted molar refractivity (Wildman–Crippen MR) is 139 cm³/mol.